The number of carbonyl (C=O) groups is 1. The van der Waals surface area contributed by atoms with Crippen LogP contribution >= 0.6 is 11.3 Å². The van der Waals surface area contributed by atoms with E-state index in [0.717, 1.165) is 42.2 Å². The van der Waals surface area contributed by atoms with Crippen LogP contribution in [0, 0.1) is 0 Å². The van der Waals surface area contributed by atoms with E-state index in [1.807, 2.05) is 6.92 Å². The van der Waals surface area contributed by atoms with Crippen LogP contribution in [0.25, 0.3) is 0 Å². The van der Waals surface area contributed by atoms with Gasteiger partial charge < -0.3 is 10.1 Å². The first-order valence-electron chi connectivity index (χ1n) is 6.63. The Bertz CT molecular complexity index is 411. The highest BCUT2D eigenvalue weighted by Crippen LogP contribution is 2.31. The third-order valence-electron chi connectivity index (χ3n) is 3.19. The Balaban J connectivity index is 2.19. The molecule has 0 spiro atoms. The van der Waals surface area contributed by atoms with Crippen molar-refractivity contribution in [1.29, 1.82) is 0 Å². The van der Waals surface area contributed by atoms with Crippen molar-refractivity contribution in [3.63, 3.8) is 0 Å². The lowest BCUT2D eigenvalue weighted by Gasteiger charge is -2.20. The molecule has 0 aliphatic carbocycles. The second-order valence-corrected chi connectivity index (χ2v) is 5.54. The van der Waals surface area contributed by atoms with Gasteiger partial charge in [-0.2, -0.15) is 0 Å². The van der Waals surface area contributed by atoms with E-state index in [2.05, 4.69) is 17.2 Å². The van der Waals surface area contributed by atoms with Crippen LogP contribution in [0.3, 0.4) is 0 Å². The Hall–Kier alpha value is -0.940. The summed E-state index contributed by atoms with van der Waals surface area (Å²) < 4.78 is 5.06. The molecule has 0 aromatic carbocycles. The molecular weight excluding hydrogens is 248 g/mol. The van der Waals surface area contributed by atoms with Gasteiger partial charge in [0.15, 0.2) is 5.69 Å². The number of ether oxygens (including phenoxy) is 1. The monoisotopic (exact) mass is 268 g/mol. The highest BCUT2D eigenvalue weighted by atomic mass is 32.1. The van der Waals surface area contributed by atoms with Crippen molar-refractivity contribution in [2.24, 2.45) is 0 Å². The van der Waals surface area contributed by atoms with Gasteiger partial charge in [0.05, 0.1) is 11.6 Å². The fraction of sp³-hybridized carbons (Fsp3) is 0.692. The number of esters is 1. The molecule has 18 heavy (non-hydrogen) atoms. The molecule has 0 atom stereocenters. The summed E-state index contributed by atoms with van der Waals surface area (Å²) >= 11 is 1.68. The molecule has 1 aliphatic heterocycles. The van der Waals surface area contributed by atoms with Crippen molar-refractivity contribution in [2.75, 3.05) is 19.7 Å². The number of nitrogens with zero attached hydrogens (tertiary/aromatic N) is 1. The molecule has 4 nitrogen and oxygen atoms in total. The van der Waals surface area contributed by atoms with E-state index in [-0.39, 0.29) is 5.97 Å². The van der Waals surface area contributed by atoms with Gasteiger partial charge >= 0.3 is 5.97 Å². The second kappa shape index (κ2) is 6.29. The Morgan fingerprint density at radius 2 is 2.17 bits per heavy atom. The van der Waals surface area contributed by atoms with Gasteiger partial charge in [0.2, 0.25) is 0 Å². The number of piperidine rings is 1. The molecule has 0 radical (unpaired) electrons. The largest absolute Gasteiger partial charge is 0.461 e. The smallest absolute Gasteiger partial charge is 0.358 e. The van der Waals surface area contributed by atoms with Gasteiger partial charge in [-0.05, 0) is 39.3 Å². The van der Waals surface area contributed by atoms with Crippen LogP contribution in [-0.2, 0) is 11.2 Å². The number of thiazole rings is 1. The molecule has 1 aromatic heterocycles. The highest BCUT2D eigenvalue weighted by Gasteiger charge is 2.23. The molecule has 0 unspecified atom stereocenters. The van der Waals surface area contributed by atoms with Gasteiger partial charge in [0.1, 0.15) is 0 Å². The average Bonchev–Trinajstić information content (AvgIpc) is 2.84. The lowest BCUT2D eigenvalue weighted by atomic mass is 9.99. The Morgan fingerprint density at radius 1 is 1.44 bits per heavy atom. The van der Waals surface area contributed by atoms with Crippen LogP contribution in [-0.4, -0.2) is 30.6 Å². The fourth-order valence-electron chi connectivity index (χ4n) is 2.21. The topological polar surface area (TPSA) is 51.2 Å². The van der Waals surface area contributed by atoms with Crippen LogP contribution in [0.5, 0.6) is 0 Å². The van der Waals surface area contributed by atoms with E-state index in [0.29, 0.717) is 18.2 Å². The van der Waals surface area contributed by atoms with Crippen LogP contribution in [0.2, 0.25) is 0 Å². The zero-order valence-electron chi connectivity index (χ0n) is 11.0. The molecule has 1 N–H and O–H groups in total. The van der Waals surface area contributed by atoms with Crippen molar-refractivity contribution in [1.82, 2.24) is 10.3 Å². The quantitative estimate of drug-likeness (QED) is 0.852. The molecule has 5 heteroatoms. The molecule has 1 aromatic rings. The maximum atomic E-state index is 11.8. The summed E-state index contributed by atoms with van der Waals surface area (Å²) in [5, 5.41) is 4.46. The second-order valence-electron chi connectivity index (χ2n) is 4.42. The minimum atomic E-state index is -0.272. The predicted octanol–water partition coefficient (Wildman–Crippen LogP) is 2.35. The van der Waals surface area contributed by atoms with Crippen LogP contribution < -0.4 is 5.32 Å². The Labute approximate surface area is 112 Å². The minimum Gasteiger partial charge on any atom is -0.461 e. The predicted molar refractivity (Wildman–Crippen MR) is 72.3 cm³/mol. The molecular formula is C13H20N2O2S. The van der Waals surface area contributed by atoms with Crippen LogP contribution in [0.15, 0.2) is 0 Å². The molecule has 1 fully saturated rings. The molecule has 0 amide bonds. The number of carbonyl (C=O) groups excluding carboxylic acids is 1. The third-order valence-corrected chi connectivity index (χ3v) is 4.55. The Kier molecular flexibility index (Phi) is 4.72. The van der Waals surface area contributed by atoms with Crippen molar-refractivity contribution in [3.05, 3.63) is 15.6 Å². The average molecular weight is 268 g/mol. The first-order chi connectivity index (χ1) is 8.76. The van der Waals surface area contributed by atoms with Gasteiger partial charge in [0, 0.05) is 10.8 Å². The number of rotatable bonds is 4. The van der Waals surface area contributed by atoms with E-state index in [1.165, 1.54) is 0 Å². The van der Waals surface area contributed by atoms with E-state index in [4.69, 9.17) is 4.74 Å². The van der Waals surface area contributed by atoms with Crippen LogP contribution in [0.1, 0.15) is 53.0 Å². The van der Waals surface area contributed by atoms with E-state index in [1.54, 1.807) is 11.3 Å². The molecule has 100 valence electrons. The van der Waals surface area contributed by atoms with E-state index >= 15 is 0 Å². The molecule has 0 bridgehead atoms. The SMILES string of the molecule is CCOC(=O)c1nc(C2CCNCC2)sc1CC. The summed E-state index contributed by atoms with van der Waals surface area (Å²) in [6.07, 6.45) is 3.06. The number of aryl methyl sites for hydroxylation is 1. The normalized spacial score (nSPS) is 16.8. The lowest BCUT2D eigenvalue weighted by molar-refractivity contribution is 0.0519. The van der Waals surface area contributed by atoms with Gasteiger partial charge in [-0.1, -0.05) is 6.92 Å². The summed E-state index contributed by atoms with van der Waals surface area (Å²) in [6.45, 7) is 6.37. The first-order valence-corrected chi connectivity index (χ1v) is 7.45. The summed E-state index contributed by atoms with van der Waals surface area (Å²) in [4.78, 5) is 17.4. The van der Waals surface area contributed by atoms with Crippen molar-refractivity contribution in [2.45, 2.75) is 39.0 Å². The standard InChI is InChI=1S/C13H20N2O2S/c1-3-10-11(13(16)17-4-2)15-12(18-10)9-5-7-14-8-6-9/h9,14H,3-8H2,1-2H3. The summed E-state index contributed by atoms with van der Waals surface area (Å²) in [7, 11) is 0. The zero-order valence-corrected chi connectivity index (χ0v) is 11.8. The number of aromatic nitrogens is 1. The minimum absolute atomic E-state index is 0.272. The Morgan fingerprint density at radius 3 is 2.78 bits per heavy atom. The van der Waals surface area contributed by atoms with E-state index in [9.17, 15) is 4.79 Å². The zero-order chi connectivity index (χ0) is 13.0. The molecule has 2 rings (SSSR count). The molecule has 1 saturated heterocycles. The number of hydrogen-bond acceptors (Lipinski definition) is 5. The summed E-state index contributed by atoms with van der Waals surface area (Å²) in [5.74, 6) is 0.232. The van der Waals surface area contributed by atoms with Crippen molar-refractivity contribution < 1.29 is 9.53 Å². The van der Waals surface area contributed by atoms with Crippen molar-refractivity contribution in [3.8, 4) is 0 Å². The maximum Gasteiger partial charge on any atom is 0.358 e. The lowest BCUT2D eigenvalue weighted by Crippen LogP contribution is -2.26. The van der Waals surface area contributed by atoms with E-state index < -0.39 is 0 Å². The summed E-state index contributed by atoms with van der Waals surface area (Å²) in [6, 6.07) is 0. The maximum absolute atomic E-state index is 11.8. The molecule has 1 aliphatic rings. The van der Waals surface area contributed by atoms with Gasteiger partial charge in [0.25, 0.3) is 0 Å². The molecule has 0 saturated carbocycles. The van der Waals surface area contributed by atoms with Gasteiger partial charge in [-0.3, -0.25) is 0 Å². The van der Waals surface area contributed by atoms with Crippen molar-refractivity contribution >= 4 is 17.3 Å². The third kappa shape index (κ3) is 2.90. The first kappa shape index (κ1) is 13.5. The molecule has 2 heterocycles. The highest BCUT2D eigenvalue weighted by molar-refractivity contribution is 7.12. The fourth-order valence-corrected chi connectivity index (χ4v) is 3.37. The number of nitrogens with one attached hydrogen (secondary N) is 1. The number of hydrogen-bond donors (Lipinski definition) is 1. The van der Waals surface area contributed by atoms with Crippen LogP contribution in [0.4, 0.5) is 0 Å². The van der Waals surface area contributed by atoms with Gasteiger partial charge in [-0.15, -0.1) is 11.3 Å². The van der Waals surface area contributed by atoms with Gasteiger partial charge in [-0.25, -0.2) is 9.78 Å². The summed E-state index contributed by atoms with van der Waals surface area (Å²) in [5.41, 5.74) is 0.540.